The molecule has 0 aliphatic carbocycles. The van der Waals surface area contributed by atoms with Crippen molar-refractivity contribution in [3.05, 3.63) is 23.8 Å². The van der Waals surface area contributed by atoms with Crippen LogP contribution in [0.25, 0.3) is 0 Å². The maximum Gasteiger partial charge on any atom is 0.213 e. The molecular formula is C18H30N2O4S. The number of ether oxygens (including phenoxy) is 2. The number of hydrogen-bond acceptors (Lipinski definition) is 5. The summed E-state index contributed by atoms with van der Waals surface area (Å²) in [5, 5.41) is 3.52. The molecule has 2 rings (SSSR count). The summed E-state index contributed by atoms with van der Waals surface area (Å²) in [4.78, 5) is 0. The largest absolute Gasteiger partial charge is 0.493 e. The van der Waals surface area contributed by atoms with E-state index in [4.69, 9.17) is 9.47 Å². The SMILES string of the molecule is CCS(=O)(=O)N1CCC(NCc2ccc(OC(C)C)c(OC)c2)CC1. The average Bonchev–Trinajstić information content (AvgIpc) is 2.60. The first kappa shape index (κ1) is 20.0. The standard InChI is InChI=1S/C18H30N2O4S/c1-5-25(21,22)20-10-8-16(9-11-20)19-13-15-6-7-17(24-14(2)3)18(12-15)23-4/h6-7,12,14,16,19H,5,8-11,13H2,1-4H3. The summed E-state index contributed by atoms with van der Waals surface area (Å²) < 4.78 is 36.5. The molecule has 0 amide bonds. The van der Waals surface area contributed by atoms with Gasteiger partial charge in [-0.3, -0.25) is 0 Å². The van der Waals surface area contributed by atoms with Crippen molar-refractivity contribution in [2.75, 3.05) is 26.0 Å². The van der Waals surface area contributed by atoms with Crippen LogP contribution in [0.2, 0.25) is 0 Å². The lowest BCUT2D eigenvalue weighted by molar-refractivity contribution is 0.230. The molecule has 1 heterocycles. The maximum atomic E-state index is 11.9. The number of rotatable bonds is 8. The molecule has 1 aromatic rings. The molecule has 25 heavy (non-hydrogen) atoms. The van der Waals surface area contributed by atoms with E-state index in [1.807, 2.05) is 32.0 Å². The van der Waals surface area contributed by atoms with E-state index in [0.717, 1.165) is 36.4 Å². The van der Waals surface area contributed by atoms with E-state index in [1.165, 1.54) is 0 Å². The zero-order chi connectivity index (χ0) is 18.4. The van der Waals surface area contributed by atoms with Crippen LogP contribution in [0.15, 0.2) is 18.2 Å². The first-order valence-electron chi connectivity index (χ1n) is 8.90. The normalized spacial score (nSPS) is 17.0. The lowest BCUT2D eigenvalue weighted by Gasteiger charge is -2.31. The van der Waals surface area contributed by atoms with Crippen LogP contribution >= 0.6 is 0 Å². The molecule has 0 atom stereocenters. The first-order valence-corrected chi connectivity index (χ1v) is 10.5. The Labute approximate surface area is 151 Å². The molecule has 1 aliphatic rings. The van der Waals surface area contributed by atoms with Crippen molar-refractivity contribution in [3.63, 3.8) is 0 Å². The van der Waals surface area contributed by atoms with Crippen LogP contribution < -0.4 is 14.8 Å². The summed E-state index contributed by atoms with van der Waals surface area (Å²) in [7, 11) is -1.42. The number of sulfonamides is 1. The van der Waals surface area contributed by atoms with Crippen LogP contribution in [0.5, 0.6) is 11.5 Å². The Hall–Kier alpha value is -1.31. The lowest BCUT2D eigenvalue weighted by Crippen LogP contribution is -2.45. The van der Waals surface area contributed by atoms with Crippen molar-refractivity contribution >= 4 is 10.0 Å². The second-order valence-electron chi connectivity index (χ2n) is 6.61. The summed E-state index contributed by atoms with van der Waals surface area (Å²) in [6.07, 6.45) is 1.78. The minimum Gasteiger partial charge on any atom is -0.493 e. The van der Waals surface area contributed by atoms with Crippen molar-refractivity contribution in [1.29, 1.82) is 0 Å². The third-order valence-corrected chi connectivity index (χ3v) is 6.28. The van der Waals surface area contributed by atoms with Gasteiger partial charge >= 0.3 is 0 Å². The van der Waals surface area contributed by atoms with E-state index < -0.39 is 10.0 Å². The Morgan fingerprint density at radius 3 is 2.48 bits per heavy atom. The van der Waals surface area contributed by atoms with Crippen molar-refractivity contribution < 1.29 is 17.9 Å². The molecule has 0 radical (unpaired) electrons. The number of methoxy groups -OCH3 is 1. The molecule has 1 saturated heterocycles. The summed E-state index contributed by atoms with van der Waals surface area (Å²) >= 11 is 0. The summed E-state index contributed by atoms with van der Waals surface area (Å²) in [5.41, 5.74) is 1.12. The Bertz CT molecular complexity index is 653. The van der Waals surface area contributed by atoms with Crippen molar-refractivity contribution in [1.82, 2.24) is 9.62 Å². The van der Waals surface area contributed by atoms with E-state index in [9.17, 15) is 8.42 Å². The fraction of sp³-hybridized carbons (Fsp3) is 0.667. The summed E-state index contributed by atoms with van der Waals surface area (Å²) in [6.45, 7) is 7.58. The van der Waals surface area contributed by atoms with Gasteiger partial charge in [0, 0.05) is 25.7 Å². The van der Waals surface area contributed by atoms with Crippen molar-refractivity contribution in [3.8, 4) is 11.5 Å². The van der Waals surface area contributed by atoms with Gasteiger partial charge in [-0.05, 0) is 51.3 Å². The highest BCUT2D eigenvalue weighted by molar-refractivity contribution is 7.89. The molecule has 0 spiro atoms. The maximum absolute atomic E-state index is 11.9. The molecule has 1 aliphatic heterocycles. The number of nitrogens with one attached hydrogen (secondary N) is 1. The zero-order valence-electron chi connectivity index (χ0n) is 15.6. The number of benzene rings is 1. The number of piperidine rings is 1. The van der Waals surface area contributed by atoms with Gasteiger partial charge in [0.2, 0.25) is 10.0 Å². The third-order valence-electron chi connectivity index (χ3n) is 4.40. The van der Waals surface area contributed by atoms with E-state index >= 15 is 0 Å². The molecule has 0 aromatic heterocycles. The monoisotopic (exact) mass is 370 g/mol. The Morgan fingerprint density at radius 1 is 1.24 bits per heavy atom. The second-order valence-corrected chi connectivity index (χ2v) is 8.86. The Balaban J connectivity index is 1.88. The smallest absolute Gasteiger partial charge is 0.213 e. The molecule has 1 fully saturated rings. The van der Waals surface area contributed by atoms with Crippen LogP contribution in [-0.2, 0) is 16.6 Å². The van der Waals surface area contributed by atoms with Gasteiger partial charge in [-0.15, -0.1) is 0 Å². The average molecular weight is 371 g/mol. The Kier molecular flexibility index (Phi) is 7.10. The third kappa shape index (κ3) is 5.59. The predicted molar refractivity (Wildman–Crippen MR) is 99.7 cm³/mol. The van der Waals surface area contributed by atoms with Gasteiger partial charge in [-0.25, -0.2) is 12.7 Å². The van der Waals surface area contributed by atoms with Gasteiger partial charge in [0.15, 0.2) is 11.5 Å². The molecule has 142 valence electrons. The van der Waals surface area contributed by atoms with E-state index in [-0.39, 0.29) is 11.9 Å². The van der Waals surface area contributed by atoms with Gasteiger partial charge < -0.3 is 14.8 Å². The first-order chi connectivity index (χ1) is 11.9. The van der Waals surface area contributed by atoms with Crippen LogP contribution in [0.1, 0.15) is 39.2 Å². The van der Waals surface area contributed by atoms with Crippen LogP contribution in [-0.4, -0.2) is 50.8 Å². The Morgan fingerprint density at radius 2 is 1.92 bits per heavy atom. The molecule has 6 nitrogen and oxygen atoms in total. The number of nitrogens with zero attached hydrogens (tertiary/aromatic N) is 1. The molecule has 7 heteroatoms. The van der Waals surface area contributed by atoms with Gasteiger partial charge in [-0.2, -0.15) is 0 Å². The van der Waals surface area contributed by atoms with E-state index in [1.54, 1.807) is 18.3 Å². The van der Waals surface area contributed by atoms with Gasteiger partial charge in [0.05, 0.1) is 19.0 Å². The minimum absolute atomic E-state index is 0.0995. The molecule has 0 bridgehead atoms. The second kappa shape index (κ2) is 8.87. The molecular weight excluding hydrogens is 340 g/mol. The molecule has 0 saturated carbocycles. The van der Waals surface area contributed by atoms with Crippen LogP contribution in [0.3, 0.4) is 0 Å². The number of hydrogen-bond donors (Lipinski definition) is 1. The fourth-order valence-electron chi connectivity index (χ4n) is 2.96. The van der Waals surface area contributed by atoms with Gasteiger partial charge in [0.25, 0.3) is 0 Å². The van der Waals surface area contributed by atoms with Crippen molar-refractivity contribution in [2.45, 2.75) is 52.3 Å². The highest BCUT2D eigenvalue weighted by Crippen LogP contribution is 2.29. The summed E-state index contributed by atoms with van der Waals surface area (Å²) in [5.74, 6) is 1.66. The molecule has 1 N–H and O–H groups in total. The van der Waals surface area contributed by atoms with Crippen molar-refractivity contribution in [2.24, 2.45) is 0 Å². The highest BCUT2D eigenvalue weighted by Gasteiger charge is 2.26. The van der Waals surface area contributed by atoms with Gasteiger partial charge in [-0.1, -0.05) is 6.07 Å². The van der Waals surface area contributed by atoms with Crippen LogP contribution in [0.4, 0.5) is 0 Å². The van der Waals surface area contributed by atoms with Gasteiger partial charge in [0.1, 0.15) is 0 Å². The zero-order valence-corrected chi connectivity index (χ0v) is 16.4. The molecule has 1 aromatic carbocycles. The quantitative estimate of drug-likeness (QED) is 0.761. The topological polar surface area (TPSA) is 67.9 Å². The van der Waals surface area contributed by atoms with E-state index in [0.29, 0.717) is 19.1 Å². The lowest BCUT2D eigenvalue weighted by atomic mass is 10.1. The van der Waals surface area contributed by atoms with Crippen LogP contribution in [0, 0.1) is 0 Å². The summed E-state index contributed by atoms with van der Waals surface area (Å²) in [6, 6.07) is 6.29. The highest BCUT2D eigenvalue weighted by atomic mass is 32.2. The minimum atomic E-state index is -3.06. The van der Waals surface area contributed by atoms with E-state index in [2.05, 4.69) is 5.32 Å². The molecule has 0 unspecified atom stereocenters. The predicted octanol–water partition coefficient (Wildman–Crippen LogP) is 2.39. The fourth-order valence-corrected chi connectivity index (χ4v) is 4.09.